The number of amides is 1. The molecule has 24 heavy (non-hydrogen) atoms. The maximum Gasteiger partial charge on any atom is 0.258 e. The Bertz CT molecular complexity index is 576. The van der Waals surface area contributed by atoms with Gasteiger partial charge in [-0.2, -0.15) is 5.26 Å². The zero-order valence-corrected chi connectivity index (χ0v) is 12.8. The lowest BCUT2D eigenvalue weighted by molar-refractivity contribution is -0.362. The van der Waals surface area contributed by atoms with Gasteiger partial charge < -0.3 is 44.6 Å². The van der Waals surface area contributed by atoms with E-state index < -0.39 is 48.6 Å². The first kappa shape index (κ1) is 18.6. The molecule has 0 aromatic heterocycles. The van der Waals surface area contributed by atoms with E-state index in [0.717, 1.165) is 18.1 Å². The number of ether oxygens (including phenoxy) is 3. The van der Waals surface area contributed by atoms with Crippen LogP contribution in [0.5, 0.6) is 0 Å². The van der Waals surface area contributed by atoms with Gasteiger partial charge in [0, 0.05) is 13.1 Å². The quantitative estimate of drug-likeness (QED) is 0.343. The molecule has 2 heterocycles. The molecule has 11 nitrogen and oxygen atoms in total. The highest BCUT2D eigenvalue weighted by Crippen LogP contribution is 2.35. The summed E-state index contributed by atoms with van der Waals surface area (Å²) in [5, 5.41) is 58.4. The molecule has 0 unspecified atom stereocenters. The van der Waals surface area contributed by atoms with Gasteiger partial charge in [-0.1, -0.05) is 0 Å². The summed E-state index contributed by atoms with van der Waals surface area (Å²) in [5.41, 5.74) is -2.29. The topological polar surface area (TPSA) is 173 Å². The Hall–Kier alpha value is -1.78. The van der Waals surface area contributed by atoms with E-state index in [9.17, 15) is 35.6 Å². The summed E-state index contributed by atoms with van der Waals surface area (Å²) >= 11 is 0. The van der Waals surface area contributed by atoms with Crippen LogP contribution in [0.15, 0.2) is 11.8 Å². The summed E-state index contributed by atoms with van der Waals surface area (Å²) in [6, 6.07) is 1.65. The number of nitrogens with zero attached hydrogens (tertiary/aromatic N) is 2. The molecule has 5 N–H and O–H groups in total. The molecule has 1 amide bonds. The Morgan fingerprint density at radius 1 is 1.25 bits per heavy atom. The van der Waals surface area contributed by atoms with Crippen molar-refractivity contribution in [3.8, 4) is 6.07 Å². The molecule has 2 aliphatic heterocycles. The highest BCUT2D eigenvalue weighted by molar-refractivity contribution is 5.90. The lowest BCUT2D eigenvalue weighted by atomic mass is 9.94. The minimum atomic E-state index is -2.29. The van der Waals surface area contributed by atoms with Crippen molar-refractivity contribution in [2.75, 3.05) is 14.2 Å². The fraction of sp³-hybridized carbons (Fsp3) is 0.692. The second-order valence-electron chi connectivity index (χ2n) is 5.37. The van der Waals surface area contributed by atoms with Gasteiger partial charge in [-0.05, 0) is 0 Å². The number of aliphatic hydroxyl groups excluding tert-OH is 5. The van der Waals surface area contributed by atoms with Gasteiger partial charge in [0.2, 0.25) is 0 Å². The number of aliphatic hydroxyl groups is 5. The van der Waals surface area contributed by atoms with Gasteiger partial charge in [0.1, 0.15) is 24.4 Å². The number of carbonyl (C=O) groups excluding carboxylic acids is 1. The number of hydrogen-bond acceptors (Lipinski definition) is 10. The SMILES string of the molecule is COC1=CC(=O)N(C)[C@@H](O)[C@]1(C#N)O[C@@H]1O[C@H](O)[C@@H](O)[C@H](O)[C@H]1O. The van der Waals surface area contributed by atoms with E-state index in [1.807, 2.05) is 0 Å². The zero-order valence-electron chi connectivity index (χ0n) is 12.8. The lowest BCUT2D eigenvalue weighted by Gasteiger charge is -2.45. The first-order chi connectivity index (χ1) is 11.2. The van der Waals surface area contributed by atoms with Crippen molar-refractivity contribution >= 4 is 5.91 Å². The minimum absolute atomic E-state index is 0.355. The van der Waals surface area contributed by atoms with E-state index in [-0.39, 0.29) is 5.76 Å². The normalized spacial score (nSPS) is 43.2. The second-order valence-corrected chi connectivity index (χ2v) is 5.37. The Morgan fingerprint density at radius 3 is 2.42 bits per heavy atom. The molecule has 134 valence electrons. The molecule has 1 fully saturated rings. The third-order valence-electron chi connectivity index (χ3n) is 3.93. The summed E-state index contributed by atoms with van der Waals surface area (Å²) in [5.74, 6) is -1.01. The van der Waals surface area contributed by atoms with E-state index in [2.05, 4.69) is 0 Å². The van der Waals surface area contributed by atoms with Gasteiger partial charge in [0.25, 0.3) is 11.5 Å². The predicted molar refractivity (Wildman–Crippen MR) is 72.2 cm³/mol. The Labute approximate surface area is 136 Å². The van der Waals surface area contributed by atoms with Crippen molar-refractivity contribution in [3.05, 3.63) is 11.8 Å². The molecule has 0 radical (unpaired) electrons. The average molecular weight is 346 g/mol. The Balaban J connectivity index is 2.38. The van der Waals surface area contributed by atoms with Crippen LogP contribution in [0.2, 0.25) is 0 Å². The first-order valence-corrected chi connectivity index (χ1v) is 6.87. The smallest absolute Gasteiger partial charge is 0.258 e. The van der Waals surface area contributed by atoms with E-state index in [1.165, 1.54) is 7.05 Å². The molecule has 0 aliphatic carbocycles. The second kappa shape index (κ2) is 6.61. The molecule has 0 saturated carbocycles. The summed E-state index contributed by atoms with van der Waals surface area (Å²) in [4.78, 5) is 12.5. The first-order valence-electron chi connectivity index (χ1n) is 6.87. The Morgan fingerprint density at radius 2 is 1.88 bits per heavy atom. The minimum Gasteiger partial charge on any atom is -0.496 e. The van der Waals surface area contributed by atoms with Crippen LogP contribution in [-0.2, 0) is 19.0 Å². The van der Waals surface area contributed by atoms with Crippen LogP contribution in [0, 0.1) is 11.3 Å². The van der Waals surface area contributed by atoms with Gasteiger partial charge in [-0.25, -0.2) is 0 Å². The van der Waals surface area contributed by atoms with Crippen LogP contribution in [0.25, 0.3) is 0 Å². The average Bonchev–Trinajstić information content (AvgIpc) is 2.57. The van der Waals surface area contributed by atoms with Crippen LogP contribution in [0.4, 0.5) is 0 Å². The molecule has 2 aliphatic rings. The number of methoxy groups -OCH3 is 1. The van der Waals surface area contributed by atoms with Crippen molar-refractivity contribution in [2.24, 2.45) is 0 Å². The van der Waals surface area contributed by atoms with Crippen molar-refractivity contribution < 1.29 is 44.5 Å². The molecule has 0 aromatic carbocycles. The van der Waals surface area contributed by atoms with E-state index >= 15 is 0 Å². The van der Waals surface area contributed by atoms with Crippen LogP contribution >= 0.6 is 0 Å². The van der Waals surface area contributed by atoms with Gasteiger partial charge in [0.15, 0.2) is 24.6 Å². The number of hydrogen-bond donors (Lipinski definition) is 5. The zero-order chi connectivity index (χ0) is 18.2. The summed E-state index contributed by atoms with van der Waals surface area (Å²) < 4.78 is 15.1. The van der Waals surface area contributed by atoms with E-state index in [4.69, 9.17) is 14.2 Å². The van der Waals surface area contributed by atoms with Gasteiger partial charge >= 0.3 is 0 Å². The molecule has 0 bridgehead atoms. The number of likely N-dealkylation sites (N-methyl/N-ethyl adjacent to an activating group) is 1. The molecule has 7 atom stereocenters. The molecule has 2 rings (SSSR count). The van der Waals surface area contributed by atoms with Crippen LogP contribution < -0.4 is 0 Å². The maximum atomic E-state index is 11.7. The summed E-state index contributed by atoms with van der Waals surface area (Å²) in [6.45, 7) is 0. The molecular weight excluding hydrogens is 328 g/mol. The largest absolute Gasteiger partial charge is 0.496 e. The third-order valence-corrected chi connectivity index (χ3v) is 3.93. The maximum absolute atomic E-state index is 11.7. The highest BCUT2D eigenvalue weighted by atomic mass is 16.8. The Kier molecular flexibility index (Phi) is 5.11. The molecule has 11 heteroatoms. The van der Waals surface area contributed by atoms with Crippen LogP contribution in [0.1, 0.15) is 0 Å². The van der Waals surface area contributed by atoms with Crippen molar-refractivity contribution in [1.82, 2.24) is 4.90 Å². The van der Waals surface area contributed by atoms with Crippen molar-refractivity contribution in [3.63, 3.8) is 0 Å². The highest BCUT2D eigenvalue weighted by Gasteiger charge is 2.56. The van der Waals surface area contributed by atoms with E-state index in [1.54, 1.807) is 6.07 Å². The number of carbonyl (C=O) groups is 1. The van der Waals surface area contributed by atoms with Crippen LogP contribution in [-0.4, -0.2) is 93.2 Å². The van der Waals surface area contributed by atoms with Crippen molar-refractivity contribution in [1.29, 1.82) is 5.26 Å². The lowest BCUT2D eigenvalue weighted by Crippen LogP contribution is -2.64. The van der Waals surface area contributed by atoms with Crippen molar-refractivity contribution in [2.45, 2.75) is 42.7 Å². The summed E-state index contributed by atoms with van der Waals surface area (Å²) in [6.07, 6.45) is -10.1. The fourth-order valence-corrected chi connectivity index (χ4v) is 2.42. The van der Waals surface area contributed by atoms with Crippen LogP contribution in [0.3, 0.4) is 0 Å². The molecule has 0 spiro atoms. The van der Waals surface area contributed by atoms with Gasteiger partial charge in [0.05, 0.1) is 7.11 Å². The van der Waals surface area contributed by atoms with E-state index in [0.29, 0.717) is 0 Å². The number of nitriles is 1. The predicted octanol–water partition coefficient (Wildman–Crippen LogP) is -3.66. The standard InChI is InChI=1S/C13H18N2O9/c1-15-6(16)3-5(22-2)13(4-14,12(15)21)24-11-9(19)7(17)8(18)10(20)23-11/h3,7-12,17-21H,1-2H3/t7-,8-,9+,10-,11-,12-,13+/m0/s1. The molecule has 0 aromatic rings. The van der Waals surface area contributed by atoms with Gasteiger partial charge in [-0.15, -0.1) is 0 Å². The summed E-state index contributed by atoms with van der Waals surface area (Å²) in [7, 11) is 2.34. The van der Waals surface area contributed by atoms with Gasteiger partial charge in [-0.3, -0.25) is 4.79 Å². The molecular formula is C13H18N2O9. The number of rotatable bonds is 3. The monoisotopic (exact) mass is 346 g/mol. The fourth-order valence-electron chi connectivity index (χ4n) is 2.42. The third kappa shape index (κ3) is 2.74. The molecule has 1 saturated heterocycles.